The first kappa shape index (κ1) is 18.4. The number of aliphatic hydroxyl groups excluding tert-OH is 1. The molecule has 0 saturated carbocycles. The molecule has 27 heavy (non-hydrogen) atoms. The maximum absolute atomic E-state index is 11.1. The lowest BCUT2D eigenvalue weighted by molar-refractivity contribution is -0.0819. The summed E-state index contributed by atoms with van der Waals surface area (Å²) < 4.78 is 5.97. The second kappa shape index (κ2) is 7.49. The lowest BCUT2D eigenvalue weighted by Gasteiger charge is -2.45. The number of benzene rings is 2. The van der Waals surface area contributed by atoms with E-state index in [2.05, 4.69) is 11.1 Å². The smallest absolute Gasteiger partial charge is 0.207 e. The molecule has 0 amide bonds. The van der Waals surface area contributed by atoms with E-state index in [9.17, 15) is 10.4 Å². The summed E-state index contributed by atoms with van der Waals surface area (Å²) in [5.41, 5.74) is 1.34. The molecule has 0 spiro atoms. The average Bonchev–Trinajstić information content (AvgIpc) is 2.67. The molecule has 6 heteroatoms. The van der Waals surface area contributed by atoms with Crippen molar-refractivity contribution >= 4 is 6.34 Å². The van der Waals surface area contributed by atoms with E-state index in [0.29, 0.717) is 23.4 Å². The van der Waals surface area contributed by atoms with Crippen LogP contribution in [0.25, 0.3) is 0 Å². The highest BCUT2D eigenvalue weighted by Crippen LogP contribution is 2.43. The largest absolute Gasteiger partial charge is 0.485 e. The van der Waals surface area contributed by atoms with Crippen molar-refractivity contribution in [2.75, 3.05) is 0 Å². The van der Waals surface area contributed by atoms with Crippen LogP contribution in [-0.2, 0) is 6.54 Å². The van der Waals surface area contributed by atoms with Crippen molar-refractivity contribution in [3.8, 4) is 18.0 Å². The Bertz CT molecular complexity index is 925. The molecule has 0 aliphatic carbocycles. The summed E-state index contributed by atoms with van der Waals surface area (Å²) in [5.74, 6) is 0.609. The van der Waals surface area contributed by atoms with Crippen LogP contribution >= 0.6 is 0 Å². The molecule has 1 aliphatic rings. The SMILES string of the molecule is CC1(C)Oc2ccc(C#N)cc2[C@@H](N(C=NC#N)Cc2ccccc2)[C@@H]1O. The monoisotopic (exact) mass is 360 g/mol. The molecular weight excluding hydrogens is 340 g/mol. The minimum Gasteiger partial charge on any atom is -0.485 e. The lowest BCUT2D eigenvalue weighted by Crippen LogP contribution is -2.53. The average molecular weight is 360 g/mol. The molecule has 0 unspecified atom stereocenters. The fourth-order valence-electron chi connectivity index (χ4n) is 3.30. The van der Waals surface area contributed by atoms with E-state index in [4.69, 9.17) is 10.00 Å². The van der Waals surface area contributed by atoms with Crippen molar-refractivity contribution in [3.05, 3.63) is 65.2 Å². The molecule has 0 aromatic heterocycles. The number of nitrogens with zero attached hydrogens (tertiary/aromatic N) is 4. The van der Waals surface area contributed by atoms with Gasteiger partial charge in [0.2, 0.25) is 6.19 Å². The van der Waals surface area contributed by atoms with Crippen LogP contribution in [0.1, 0.15) is 36.6 Å². The first-order valence-corrected chi connectivity index (χ1v) is 8.59. The van der Waals surface area contributed by atoms with Crippen LogP contribution in [0.5, 0.6) is 5.75 Å². The molecule has 6 nitrogen and oxygen atoms in total. The Kier molecular flexibility index (Phi) is 5.12. The fourth-order valence-corrected chi connectivity index (χ4v) is 3.30. The minimum absolute atomic E-state index is 0.444. The Morgan fingerprint density at radius 1 is 1.22 bits per heavy atom. The Morgan fingerprint density at radius 2 is 1.96 bits per heavy atom. The molecule has 2 aromatic carbocycles. The van der Waals surface area contributed by atoms with Crippen LogP contribution < -0.4 is 4.74 Å². The lowest BCUT2D eigenvalue weighted by atomic mass is 9.85. The van der Waals surface area contributed by atoms with Crippen molar-refractivity contribution in [3.63, 3.8) is 0 Å². The number of ether oxygens (including phenoxy) is 1. The van der Waals surface area contributed by atoms with Gasteiger partial charge in [0.1, 0.15) is 23.8 Å². The predicted octanol–water partition coefficient (Wildman–Crippen LogP) is 3.14. The fraction of sp³-hybridized carbons (Fsp3) is 0.286. The number of rotatable bonds is 4. The summed E-state index contributed by atoms with van der Waals surface area (Å²) in [5, 5.41) is 29.3. The van der Waals surface area contributed by atoms with Gasteiger partial charge < -0.3 is 14.7 Å². The number of fused-ring (bicyclic) bond motifs is 1. The maximum atomic E-state index is 11.1. The van der Waals surface area contributed by atoms with E-state index in [0.717, 1.165) is 5.56 Å². The Hall–Kier alpha value is -3.35. The Balaban J connectivity index is 2.10. The second-order valence-corrected chi connectivity index (χ2v) is 6.96. The van der Waals surface area contributed by atoms with Gasteiger partial charge in [-0.05, 0) is 37.6 Å². The molecule has 2 atom stereocenters. The first-order chi connectivity index (χ1) is 13.0. The van der Waals surface area contributed by atoms with E-state index < -0.39 is 17.7 Å². The van der Waals surface area contributed by atoms with E-state index in [1.165, 1.54) is 6.34 Å². The molecule has 2 aromatic rings. The van der Waals surface area contributed by atoms with Crippen LogP contribution in [0.15, 0.2) is 53.5 Å². The van der Waals surface area contributed by atoms with Crippen molar-refractivity contribution < 1.29 is 9.84 Å². The highest BCUT2D eigenvalue weighted by atomic mass is 16.5. The van der Waals surface area contributed by atoms with E-state index in [-0.39, 0.29) is 0 Å². The van der Waals surface area contributed by atoms with Crippen molar-refractivity contribution in [2.24, 2.45) is 4.99 Å². The summed E-state index contributed by atoms with van der Waals surface area (Å²) in [6.45, 7) is 4.07. The maximum Gasteiger partial charge on any atom is 0.207 e. The zero-order valence-electron chi connectivity index (χ0n) is 15.2. The predicted molar refractivity (Wildman–Crippen MR) is 101 cm³/mol. The first-order valence-electron chi connectivity index (χ1n) is 8.59. The summed E-state index contributed by atoms with van der Waals surface area (Å²) >= 11 is 0. The second-order valence-electron chi connectivity index (χ2n) is 6.96. The van der Waals surface area contributed by atoms with E-state index >= 15 is 0 Å². The topological polar surface area (TPSA) is 92.6 Å². The number of aliphatic imine (C=N–C) groups is 1. The molecule has 1 aliphatic heterocycles. The zero-order chi connectivity index (χ0) is 19.4. The van der Waals surface area contributed by atoms with Crippen molar-refractivity contribution in [1.29, 1.82) is 10.5 Å². The Labute approximate surface area is 158 Å². The quantitative estimate of drug-likeness (QED) is 0.514. The number of hydrogen-bond donors (Lipinski definition) is 1. The van der Waals surface area contributed by atoms with Crippen LogP contribution in [0.3, 0.4) is 0 Å². The van der Waals surface area contributed by atoms with Crippen LogP contribution in [-0.4, -0.2) is 28.0 Å². The number of aliphatic hydroxyl groups is 1. The van der Waals surface area contributed by atoms with Gasteiger partial charge in [0.25, 0.3) is 0 Å². The summed E-state index contributed by atoms with van der Waals surface area (Å²) in [4.78, 5) is 5.54. The summed E-state index contributed by atoms with van der Waals surface area (Å²) in [6, 6.07) is 16.5. The van der Waals surface area contributed by atoms with Gasteiger partial charge in [-0.3, -0.25) is 0 Å². The van der Waals surface area contributed by atoms with Crippen molar-refractivity contribution in [1.82, 2.24) is 4.90 Å². The third-order valence-electron chi connectivity index (χ3n) is 4.67. The highest BCUT2D eigenvalue weighted by molar-refractivity contribution is 5.59. The molecule has 3 rings (SSSR count). The van der Waals surface area contributed by atoms with Gasteiger partial charge in [-0.2, -0.15) is 15.5 Å². The van der Waals surface area contributed by atoms with Gasteiger partial charge in [-0.1, -0.05) is 30.3 Å². The number of hydrogen-bond acceptors (Lipinski definition) is 5. The third-order valence-corrected chi connectivity index (χ3v) is 4.67. The van der Waals surface area contributed by atoms with Crippen LogP contribution in [0, 0.1) is 22.8 Å². The zero-order valence-corrected chi connectivity index (χ0v) is 15.2. The van der Waals surface area contributed by atoms with Crippen LogP contribution in [0.2, 0.25) is 0 Å². The molecule has 0 saturated heterocycles. The molecule has 1 N–H and O–H groups in total. The molecule has 0 fully saturated rings. The highest BCUT2D eigenvalue weighted by Gasteiger charge is 2.45. The van der Waals surface area contributed by atoms with E-state index in [1.807, 2.05) is 49.1 Å². The van der Waals surface area contributed by atoms with Crippen LogP contribution in [0.4, 0.5) is 0 Å². The van der Waals surface area contributed by atoms with E-state index in [1.54, 1.807) is 24.4 Å². The standard InChI is InChI=1S/C21H20N4O2/c1-21(2)20(26)19(17-10-16(11-22)8-9-18(17)27-21)25(14-24-13-23)12-15-6-4-3-5-7-15/h3-10,14,19-20,26H,12H2,1-2H3/t19-,20+/m1/s1. The number of nitriles is 2. The van der Waals surface area contributed by atoms with Gasteiger partial charge in [0.05, 0.1) is 17.7 Å². The van der Waals surface area contributed by atoms with Gasteiger partial charge in [-0.25, -0.2) is 0 Å². The van der Waals surface area contributed by atoms with Gasteiger partial charge in [-0.15, -0.1) is 0 Å². The normalized spacial score (nSPS) is 20.2. The van der Waals surface area contributed by atoms with Crippen molar-refractivity contribution in [2.45, 2.75) is 38.1 Å². The third kappa shape index (κ3) is 3.76. The molecule has 0 bridgehead atoms. The molecule has 0 radical (unpaired) electrons. The van der Waals surface area contributed by atoms with Gasteiger partial charge in [0.15, 0.2) is 0 Å². The molecule has 1 heterocycles. The van der Waals surface area contributed by atoms with Gasteiger partial charge in [0, 0.05) is 12.1 Å². The van der Waals surface area contributed by atoms with Gasteiger partial charge >= 0.3 is 0 Å². The summed E-state index contributed by atoms with van der Waals surface area (Å²) in [6.07, 6.45) is 2.31. The Morgan fingerprint density at radius 3 is 2.63 bits per heavy atom. The molecular formula is C21H20N4O2. The minimum atomic E-state index is -0.896. The molecule has 136 valence electrons. The summed E-state index contributed by atoms with van der Waals surface area (Å²) in [7, 11) is 0.